The highest BCUT2D eigenvalue weighted by molar-refractivity contribution is 7.98. The van der Waals surface area contributed by atoms with E-state index in [-0.39, 0.29) is 5.91 Å². The summed E-state index contributed by atoms with van der Waals surface area (Å²) in [4.78, 5) is 17.7. The number of anilines is 1. The van der Waals surface area contributed by atoms with Crippen LogP contribution in [0, 0.1) is 17.8 Å². The van der Waals surface area contributed by atoms with Crippen molar-refractivity contribution >= 4 is 23.4 Å². The predicted molar refractivity (Wildman–Crippen MR) is 102 cm³/mol. The molecule has 2 aliphatic rings. The lowest BCUT2D eigenvalue weighted by atomic mass is 9.86. The van der Waals surface area contributed by atoms with Crippen molar-refractivity contribution in [1.82, 2.24) is 4.98 Å². The van der Waals surface area contributed by atoms with Crippen LogP contribution in [0.5, 0.6) is 0 Å². The van der Waals surface area contributed by atoms with Gasteiger partial charge in [-0.15, -0.1) is 11.8 Å². The molecule has 0 spiro atoms. The summed E-state index contributed by atoms with van der Waals surface area (Å²) in [5.74, 6) is 3.41. The number of aromatic nitrogens is 1. The van der Waals surface area contributed by atoms with Gasteiger partial charge in [-0.3, -0.25) is 9.78 Å². The molecule has 1 heterocycles. The Kier molecular flexibility index (Phi) is 5.07. The first-order valence-electron chi connectivity index (χ1n) is 9.18. The molecule has 130 valence electrons. The molecule has 1 aromatic carbocycles. The third kappa shape index (κ3) is 4.24. The molecule has 0 radical (unpaired) electrons. The van der Waals surface area contributed by atoms with E-state index >= 15 is 0 Å². The highest BCUT2D eigenvalue weighted by Crippen LogP contribution is 2.49. The third-order valence-electron chi connectivity index (χ3n) is 5.60. The Morgan fingerprint density at radius 3 is 2.72 bits per heavy atom. The van der Waals surface area contributed by atoms with E-state index in [1.807, 2.05) is 24.4 Å². The first-order chi connectivity index (χ1) is 12.3. The molecule has 4 rings (SSSR count). The number of carbonyl (C=O) groups excluding carboxylic acids is 1. The summed E-state index contributed by atoms with van der Waals surface area (Å²) < 4.78 is 0. The molecular weight excluding hydrogens is 328 g/mol. The Labute approximate surface area is 153 Å². The van der Waals surface area contributed by atoms with Gasteiger partial charge in [0.15, 0.2) is 0 Å². The van der Waals surface area contributed by atoms with Crippen LogP contribution in [0.4, 0.5) is 5.69 Å². The zero-order valence-electron chi connectivity index (χ0n) is 14.4. The van der Waals surface area contributed by atoms with Crippen molar-refractivity contribution < 1.29 is 4.79 Å². The largest absolute Gasteiger partial charge is 0.326 e. The molecule has 3 nitrogen and oxygen atoms in total. The molecule has 1 N–H and O–H groups in total. The second-order valence-corrected chi connectivity index (χ2v) is 8.41. The normalized spacial score (nSPS) is 24.4. The minimum atomic E-state index is 0.174. The molecular formula is C21H24N2OS. The molecule has 2 saturated carbocycles. The number of nitrogens with zero attached hydrogens (tertiary/aromatic N) is 1. The van der Waals surface area contributed by atoms with Crippen LogP contribution in [0.25, 0.3) is 0 Å². The monoisotopic (exact) mass is 352 g/mol. The molecule has 0 saturated heterocycles. The van der Waals surface area contributed by atoms with E-state index in [2.05, 4.69) is 28.5 Å². The van der Waals surface area contributed by atoms with E-state index in [1.54, 1.807) is 18.0 Å². The summed E-state index contributed by atoms with van der Waals surface area (Å²) in [5.41, 5.74) is 2.12. The molecule has 1 amide bonds. The molecule has 0 aliphatic heterocycles. The van der Waals surface area contributed by atoms with Gasteiger partial charge in [0.25, 0.3) is 0 Å². The zero-order valence-corrected chi connectivity index (χ0v) is 15.2. The van der Waals surface area contributed by atoms with E-state index in [1.165, 1.54) is 36.1 Å². The lowest BCUT2D eigenvalue weighted by Gasteiger charge is -2.20. The van der Waals surface area contributed by atoms with Crippen molar-refractivity contribution in [2.75, 3.05) is 5.32 Å². The molecule has 3 unspecified atom stereocenters. The second kappa shape index (κ2) is 7.61. The van der Waals surface area contributed by atoms with Gasteiger partial charge < -0.3 is 5.32 Å². The fraction of sp³-hybridized carbons (Fsp3) is 0.429. The summed E-state index contributed by atoms with van der Waals surface area (Å²) in [6.45, 7) is 0. The van der Waals surface area contributed by atoms with E-state index in [9.17, 15) is 4.79 Å². The topological polar surface area (TPSA) is 42.0 Å². The highest BCUT2D eigenvalue weighted by Gasteiger charge is 2.40. The van der Waals surface area contributed by atoms with Gasteiger partial charge >= 0.3 is 0 Å². The van der Waals surface area contributed by atoms with E-state index in [0.29, 0.717) is 12.3 Å². The van der Waals surface area contributed by atoms with Gasteiger partial charge in [-0.25, -0.2) is 0 Å². The summed E-state index contributed by atoms with van der Waals surface area (Å²) in [6, 6.07) is 12.2. The highest BCUT2D eigenvalue weighted by atomic mass is 32.2. The van der Waals surface area contributed by atoms with Crippen LogP contribution in [0.15, 0.2) is 53.7 Å². The molecule has 4 heteroatoms. The van der Waals surface area contributed by atoms with Crippen molar-refractivity contribution in [2.24, 2.45) is 17.8 Å². The predicted octanol–water partition coefficient (Wildman–Crippen LogP) is 5.14. The number of hydrogen-bond donors (Lipinski definition) is 1. The standard InChI is InChI=1S/C21H24N2OS/c24-21(12-18-11-15-3-4-17(18)10-15)23-19-5-7-20(8-6-19)25-14-16-2-1-9-22-13-16/h1-2,5-9,13,15,17-18H,3-4,10-12,14H2,(H,23,24). The van der Waals surface area contributed by atoms with Gasteiger partial charge in [0.1, 0.15) is 0 Å². The van der Waals surface area contributed by atoms with Crippen molar-refractivity contribution in [3.63, 3.8) is 0 Å². The van der Waals surface area contributed by atoms with Crippen LogP contribution in [-0.2, 0) is 10.5 Å². The smallest absolute Gasteiger partial charge is 0.224 e. The zero-order chi connectivity index (χ0) is 17.1. The second-order valence-electron chi connectivity index (χ2n) is 7.36. The van der Waals surface area contributed by atoms with E-state index < -0.39 is 0 Å². The first-order valence-corrected chi connectivity index (χ1v) is 10.2. The Balaban J connectivity index is 1.26. The maximum atomic E-state index is 12.3. The van der Waals surface area contributed by atoms with Crippen LogP contribution in [-0.4, -0.2) is 10.9 Å². The van der Waals surface area contributed by atoms with Gasteiger partial charge in [-0.1, -0.05) is 12.5 Å². The average Bonchev–Trinajstić information content (AvgIpc) is 3.25. The van der Waals surface area contributed by atoms with Crippen molar-refractivity contribution in [3.8, 4) is 0 Å². The molecule has 25 heavy (non-hydrogen) atoms. The van der Waals surface area contributed by atoms with Crippen LogP contribution in [0.2, 0.25) is 0 Å². The Hall–Kier alpha value is -1.81. The van der Waals surface area contributed by atoms with Crippen LogP contribution >= 0.6 is 11.8 Å². The maximum absolute atomic E-state index is 12.3. The number of nitrogens with one attached hydrogen (secondary N) is 1. The van der Waals surface area contributed by atoms with E-state index in [0.717, 1.165) is 23.3 Å². The number of rotatable bonds is 6. The van der Waals surface area contributed by atoms with Crippen LogP contribution in [0.3, 0.4) is 0 Å². The minimum Gasteiger partial charge on any atom is -0.326 e. The number of benzene rings is 1. The lowest BCUT2D eigenvalue weighted by Crippen LogP contribution is -2.20. The Bertz CT molecular complexity index is 716. The molecule has 2 bridgehead atoms. The molecule has 2 fully saturated rings. The maximum Gasteiger partial charge on any atom is 0.224 e. The summed E-state index contributed by atoms with van der Waals surface area (Å²) in [6.07, 6.45) is 9.74. The fourth-order valence-electron chi connectivity index (χ4n) is 4.36. The molecule has 2 aromatic rings. The minimum absolute atomic E-state index is 0.174. The summed E-state index contributed by atoms with van der Waals surface area (Å²) in [5, 5.41) is 3.07. The van der Waals surface area contributed by atoms with Gasteiger partial charge in [-0.2, -0.15) is 0 Å². The Morgan fingerprint density at radius 1 is 1.16 bits per heavy atom. The van der Waals surface area contributed by atoms with Crippen LogP contribution < -0.4 is 5.32 Å². The fourth-order valence-corrected chi connectivity index (χ4v) is 5.19. The van der Waals surface area contributed by atoms with Crippen LogP contribution in [0.1, 0.15) is 37.7 Å². The summed E-state index contributed by atoms with van der Waals surface area (Å²) in [7, 11) is 0. The van der Waals surface area contributed by atoms with Gasteiger partial charge in [-0.05, 0) is 72.9 Å². The SMILES string of the molecule is O=C(CC1CC2CCC1C2)Nc1ccc(SCc2cccnc2)cc1. The number of fused-ring (bicyclic) bond motifs is 2. The quantitative estimate of drug-likeness (QED) is 0.732. The van der Waals surface area contributed by atoms with Gasteiger partial charge in [0.2, 0.25) is 5.91 Å². The van der Waals surface area contributed by atoms with E-state index in [4.69, 9.17) is 0 Å². The summed E-state index contributed by atoms with van der Waals surface area (Å²) >= 11 is 1.78. The van der Waals surface area contributed by atoms with Crippen molar-refractivity contribution in [3.05, 3.63) is 54.4 Å². The number of amides is 1. The van der Waals surface area contributed by atoms with Gasteiger partial charge in [0.05, 0.1) is 0 Å². The van der Waals surface area contributed by atoms with Crippen molar-refractivity contribution in [2.45, 2.75) is 42.8 Å². The first kappa shape index (κ1) is 16.6. The number of hydrogen-bond acceptors (Lipinski definition) is 3. The molecule has 2 aliphatic carbocycles. The third-order valence-corrected chi connectivity index (χ3v) is 6.68. The van der Waals surface area contributed by atoms with Gasteiger partial charge in [0, 0.05) is 35.2 Å². The molecule has 3 atom stereocenters. The lowest BCUT2D eigenvalue weighted by molar-refractivity contribution is -0.117. The number of carbonyl (C=O) groups is 1. The Morgan fingerprint density at radius 2 is 2.04 bits per heavy atom. The number of pyridine rings is 1. The average molecular weight is 353 g/mol. The molecule has 1 aromatic heterocycles. The van der Waals surface area contributed by atoms with Crippen molar-refractivity contribution in [1.29, 1.82) is 0 Å². The number of thioether (sulfide) groups is 1.